The molecule has 0 saturated heterocycles. The zero-order chi connectivity index (χ0) is 21.5. The van der Waals surface area contributed by atoms with E-state index in [2.05, 4.69) is 9.97 Å². The molecule has 2 aliphatic carbocycles. The number of alkyl halides is 3. The van der Waals surface area contributed by atoms with Gasteiger partial charge in [0, 0.05) is 25.3 Å². The number of imidazole rings is 1. The molecule has 8 heteroatoms. The molecule has 2 heterocycles. The lowest BCUT2D eigenvalue weighted by atomic mass is 9.92. The lowest BCUT2D eigenvalue weighted by Gasteiger charge is -2.29. The fraction of sp³-hybridized carbons (Fsp3) is 0.682. The van der Waals surface area contributed by atoms with E-state index in [0.29, 0.717) is 30.4 Å². The summed E-state index contributed by atoms with van der Waals surface area (Å²) in [5.41, 5.74) is -0.991. The molecule has 2 aliphatic rings. The third kappa shape index (κ3) is 4.53. The predicted molar refractivity (Wildman–Crippen MR) is 106 cm³/mol. The van der Waals surface area contributed by atoms with Gasteiger partial charge in [-0.25, -0.2) is 9.97 Å². The Kier molecular flexibility index (Phi) is 5.64. The Morgan fingerprint density at radius 2 is 1.90 bits per heavy atom. The van der Waals surface area contributed by atoms with Crippen LogP contribution in [0.2, 0.25) is 0 Å². The third-order valence-electron chi connectivity index (χ3n) is 6.46. The van der Waals surface area contributed by atoms with Gasteiger partial charge in [-0.1, -0.05) is 0 Å². The molecular weight excluding hydrogens is 395 g/mol. The van der Waals surface area contributed by atoms with Gasteiger partial charge in [0.05, 0.1) is 5.60 Å². The standard InChI is InChI=1S/C22H28F3N3O2/c1-21(30,14-9-10-14)13-16(29)7-2-3-8-19-26-17-11-12-18(22(23,24)25)27-20(17)28(19)15-5-4-6-15/h11-12,14-15,30H,2-10,13H2,1H3. The molecule has 0 bridgehead atoms. The van der Waals surface area contributed by atoms with E-state index in [1.54, 1.807) is 6.92 Å². The molecule has 1 atom stereocenters. The van der Waals surface area contributed by atoms with E-state index in [1.807, 2.05) is 4.57 Å². The van der Waals surface area contributed by atoms with E-state index >= 15 is 0 Å². The first-order chi connectivity index (χ1) is 14.1. The van der Waals surface area contributed by atoms with Crippen molar-refractivity contribution in [3.63, 3.8) is 0 Å². The molecule has 0 aromatic carbocycles. The second kappa shape index (κ2) is 7.94. The van der Waals surface area contributed by atoms with Crippen LogP contribution in [0, 0.1) is 5.92 Å². The molecule has 2 saturated carbocycles. The van der Waals surface area contributed by atoms with E-state index in [-0.39, 0.29) is 24.2 Å². The van der Waals surface area contributed by atoms with Crippen LogP contribution in [0.3, 0.4) is 0 Å². The van der Waals surface area contributed by atoms with Crippen LogP contribution in [-0.2, 0) is 17.4 Å². The van der Waals surface area contributed by atoms with Crippen LogP contribution in [0.4, 0.5) is 13.2 Å². The maximum atomic E-state index is 13.1. The monoisotopic (exact) mass is 423 g/mol. The number of carbonyl (C=O) groups excluding carboxylic acids is 1. The first-order valence-electron chi connectivity index (χ1n) is 10.8. The van der Waals surface area contributed by atoms with Gasteiger partial charge in [-0.3, -0.25) is 4.79 Å². The average Bonchev–Trinajstić information content (AvgIpc) is 3.41. The minimum Gasteiger partial charge on any atom is -0.389 e. The van der Waals surface area contributed by atoms with Gasteiger partial charge in [0.2, 0.25) is 0 Å². The molecule has 2 aromatic heterocycles. The van der Waals surface area contributed by atoms with Crippen LogP contribution in [-0.4, -0.2) is 31.0 Å². The normalized spacial score (nSPS) is 19.6. The number of nitrogens with zero attached hydrogens (tertiary/aromatic N) is 3. The molecule has 0 radical (unpaired) electrons. The highest BCUT2D eigenvalue weighted by Gasteiger charge is 2.41. The second-order valence-electron chi connectivity index (χ2n) is 9.07. The van der Waals surface area contributed by atoms with Gasteiger partial charge >= 0.3 is 6.18 Å². The lowest BCUT2D eigenvalue weighted by molar-refractivity contribution is -0.141. The van der Waals surface area contributed by atoms with Crippen molar-refractivity contribution in [2.24, 2.45) is 5.92 Å². The molecule has 1 unspecified atom stereocenters. The number of aryl methyl sites for hydroxylation is 1. The highest BCUT2D eigenvalue weighted by molar-refractivity contribution is 5.79. The number of halogens is 3. The second-order valence-corrected chi connectivity index (χ2v) is 9.07. The van der Waals surface area contributed by atoms with E-state index in [9.17, 15) is 23.1 Å². The van der Waals surface area contributed by atoms with E-state index in [4.69, 9.17) is 0 Å². The lowest BCUT2D eigenvalue weighted by Crippen LogP contribution is -2.30. The van der Waals surface area contributed by atoms with Gasteiger partial charge in [-0.15, -0.1) is 0 Å². The van der Waals surface area contributed by atoms with Crippen molar-refractivity contribution in [1.29, 1.82) is 0 Å². The Balaban J connectivity index is 1.41. The summed E-state index contributed by atoms with van der Waals surface area (Å²) >= 11 is 0. The average molecular weight is 423 g/mol. The van der Waals surface area contributed by atoms with Gasteiger partial charge in [0.25, 0.3) is 0 Å². The zero-order valence-corrected chi connectivity index (χ0v) is 17.2. The number of rotatable bonds is 9. The number of aliphatic hydroxyl groups is 1. The largest absolute Gasteiger partial charge is 0.433 e. The molecule has 2 aromatic rings. The maximum Gasteiger partial charge on any atom is 0.433 e. The molecule has 30 heavy (non-hydrogen) atoms. The SMILES string of the molecule is CC(O)(CC(=O)CCCCc1nc2ccc(C(F)(F)F)nc2n1C1CCC1)C1CC1. The smallest absolute Gasteiger partial charge is 0.389 e. The number of ketones is 1. The Bertz CT molecular complexity index is 928. The number of pyridine rings is 1. The molecule has 164 valence electrons. The number of Topliss-reactive ketones (excluding diaryl/α,β-unsaturated/α-hetero) is 1. The summed E-state index contributed by atoms with van der Waals surface area (Å²) in [6.07, 6.45) is 2.99. The molecule has 5 nitrogen and oxygen atoms in total. The number of carbonyl (C=O) groups is 1. The number of hydrogen-bond acceptors (Lipinski definition) is 4. The van der Waals surface area contributed by atoms with Crippen molar-refractivity contribution in [1.82, 2.24) is 14.5 Å². The molecule has 0 aliphatic heterocycles. The molecule has 4 rings (SSSR count). The summed E-state index contributed by atoms with van der Waals surface area (Å²) in [6, 6.07) is 2.53. The summed E-state index contributed by atoms with van der Waals surface area (Å²) in [7, 11) is 0. The fourth-order valence-electron chi connectivity index (χ4n) is 4.33. The van der Waals surface area contributed by atoms with Gasteiger partial charge in [0.15, 0.2) is 5.65 Å². The molecule has 1 N–H and O–H groups in total. The number of unbranched alkanes of at least 4 members (excludes halogenated alkanes) is 1. The van der Waals surface area contributed by atoms with Gasteiger partial charge in [-0.2, -0.15) is 13.2 Å². The Morgan fingerprint density at radius 1 is 1.17 bits per heavy atom. The molecular formula is C22H28F3N3O2. The molecule has 0 spiro atoms. The Morgan fingerprint density at radius 3 is 2.50 bits per heavy atom. The van der Waals surface area contributed by atoms with Gasteiger partial charge < -0.3 is 9.67 Å². The maximum absolute atomic E-state index is 13.1. The quantitative estimate of drug-likeness (QED) is 0.576. The van der Waals surface area contributed by atoms with E-state index in [1.165, 1.54) is 6.07 Å². The minimum atomic E-state index is -4.48. The van der Waals surface area contributed by atoms with Gasteiger partial charge in [0.1, 0.15) is 22.8 Å². The number of fused-ring (bicyclic) bond motifs is 1. The van der Waals surface area contributed by atoms with Crippen LogP contribution < -0.4 is 0 Å². The summed E-state index contributed by atoms with van der Waals surface area (Å²) in [4.78, 5) is 20.6. The number of aromatic nitrogens is 3. The van der Waals surface area contributed by atoms with E-state index in [0.717, 1.165) is 50.4 Å². The van der Waals surface area contributed by atoms with Crippen molar-refractivity contribution < 1.29 is 23.1 Å². The van der Waals surface area contributed by atoms with Crippen LogP contribution in [0.25, 0.3) is 11.2 Å². The van der Waals surface area contributed by atoms with Crippen molar-refractivity contribution in [2.45, 2.75) is 89.0 Å². The summed E-state index contributed by atoms with van der Waals surface area (Å²) in [5.74, 6) is 1.06. The first kappa shape index (κ1) is 21.3. The van der Waals surface area contributed by atoms with Crippen LogP contribution in [0.5, 0.6) is 0 Å². The van der Waals surface area contributed by atoms with E-state index < -0.39 is 17.5 Å². The highest BCUT2D eigenvalue weighted by atomic mass is 19.4. The Labute approximate surface area is 173 Å². The van der Waals surface area contributed by atoms with Crippen molar-refractivity contribution in [3.05, 3.63) is 23.7 Å². The number of hydrogen-bond donors (Lipinski definition) is 1. The predicted octanol–water partition coefficient (Wildman–Crippen LogP) is 5.01. The first-order valence-corrected chi connectivity index (χ1v) is 10.8. The third-order valence-corrected chi connectivity index (χ3v) is 6.46. The minimum absolute atomic E-state index is 0.0656. The molecule has 2 fully saturated rings. The summed E-state index contributed by atoms with van der Waals surface area (Å²) < 4.78 is 41.2. The highest BCUT2D eigenvalue weighted by Crippen LogP contribution is 2.41. The van der Waals surface area contributed by atoms with Crippen LogP contribution in [0.1, 0.15) is 82.3 Å². The van der Waals surface area contributed by atoms with Crippen LogP contribution in [0.15, 0.2) is 12.1 Å². The Hall–Kier alpha value is -1.96. The van der Waals surface area contributed by atoms with Gasteiger partial charge in [-0.05, 0) is 69.9 Å². The van der Waals surface area contributed by atoms with Crippen molar-refractivity contribution in [3.8, 4) is 0 Å². The molecule has 0 amide bonds. The van der Waals surface area contributed by atoms with Crippen molar-refractivity contribution >= 4 is 16.9 Å². The summed E-state index contributed by atoms with van der Waals surface area (Å²) in [6.45, 7) is 1.74. The fourth-order valence-corrected chi connectivity index (χ4v) is 4.33. The summed E-state index contributed by atoms with van der Waals surface area (Å²) in [5, 5.41) is 10.3. The topological polar surface area (TPSA) is 68.0 Å². The van der Waals surface area contributed by atoms with Crippen LogP contribution >= 0.6 is 0 Å². The van der Waals surface area contributed by atoms with Crippen molar-refractivity contribution in [2.75, 3.05) is 0 Å². The zero-order valence-electron chi connectivity index (χ0n) is 17.2.